The molecule has 5 heteroatoms. The van der Waals surface area contributed by atoms with E-state index < -0.39 is 0 Å². The molecule has 0 aliphatic heterocycles. The Labute approximate surface area is 111 Å². The molecule has 0 bridgehead atoms. The molecule has 0 saturated carbocycles. The summed E-state index contributed by atoms with van der Waals surface area (Å²) < 4.78 is 15.0. The van der Waals surface area contributed by atoms with Gasteiger partial charge in [-0.15, -0.1) is 0 Å². The van der Waals surface area contributed by atoms with Crippen molar-refractivity contribution in [3.05, 3.63) is 47.0 Å². The smallest absolute Gasteiger partial charge is 0.125 e. The second-order valence-corrected chi connectivity index (χ2v) is 4.87. The molecule has 0 amide bonds. The third kappa shape index (κ3) is 3.23. The fourth-order valence-electron chi connectivity index (χ4n) is 1.63. The Bertz CT molecular complexity index is 517. The average Bonchev–Trinajstić information content (AvgIpc) is 2.73. The first-order valence-corrected chi connectivity index (χ1v) is 6.15. The molecule has 0 radical (unpaired) electrons. The Morgan fingerprint density at radius 3 is 2.78 bits per heavy atom. The van der Waals surface area contributed by atoms with Crippen LogP contribution in [0.3, 0.4) is 0 Å². The highest BCUT2D eigenvalue weighted by Crippen LogP contribution is 2.16. The molecule has 0 aliphatic carbocycles. The molecule has 1 heterocycles. The second-order valence-electron chi connectivity index (χ2n) is 4.43. The van der Waals surface area contributed by atoms with Gasteiger partial charge in [0.15, 0.2) is 0 Å². The summed E-state index contributed by atoms with van der Waals surface area (Å²) in [5.41, 5.74) is 1.71. The van der Waals surface area contributed by atoms with Gasteiger partial charge in [0.05, 0.1) is 11.9 Å². The van der Waals surface area contributed by atoms with Gasteiger partial charge < -0.3 is 5.32 Å². The van der Waals surface area contributed by atoms with Crippen LogP contribution in [0, 0.1) is 5.82 Å². The van der Waals surface area contributed by atoms with E-state index in [0.29, 0.717) is 17.6 Å². The lowest BCUT2D eigenvalue weighted by Crippen LogP contribution is -2.01. The van der Waals surface area contributed by atoms with Gasteiger partial charge in [0.25, 0.3) is 0 Å². The summed E-state index contributed by atoms with van der Waals surface area (Å²) in [4.78, 5) is 0. The van der Waals surface area contributed by atoms with Crippen LogP contribution in [0.4, 0.5) is 10.1 Å². The maximum atomic E-state index is 13.1. The second kappa shape index (κ2) is 5.40. The molecule has 3 nitrogen and oxygen atoms in total. The topological polar surface area (TPSA) is 29.9 Å². The Kier molecular flexibility index (Phi) is 3.87. The molecule has 1 aromatic carbocycles. The first kappa shape index (κ1) is 12.9. The van der Waals surface area contributed by atoms with Crippen LogP contribution in [0.5, 0.6) is 0 Å². The summed E-state index contributed by atoms with van der Waals surface area (Å²) >= 11 is 5.79. The Morgan fingerprint density at radius 1 is 1.39 bits per heavy atom. The minimum atomic E-state index is -0.322. The monoisotopic (exact) mass is 267 g/mol. The normalized spacial score (nSPS) is 10.9. The molecule has 0 fully saturated rings. The van der Waals surface area contributed by atoms with Crippen LogP contribution in [0.25, 0.3) is 0 Å². The molecule has 0 spiro atoms. The Morgan fingerprint density at radius 2 is 2.17 bits per heavy atom. The van der Waals surface area contributed by atoms with Crippen LogP contribution >= 0.6 is 11.6 Å². The quantitative estimate of drug-likeness (QED) is 0.911. The summed E-state index contributed by atoms with van der Waals surface area (Å²) in [6.45, 7) is 4.63. The van der Waals surface area contributed by atoms with Crippen molar-refractivity contribution in [2.24, 2.45) is 0 Å². The van der Waals surface area contributed by atoms with E-state index in [2.05, 4.69) is 24.3 Å². The third-order valence-corrected chi connectivity index (χ3v) is 2.77. The zero-order chi connectivity index (χ0) is 13.1. The van der Waals surface area contributed by atoms with E-state index in [1.165, 1.54) is 12.1 Å². The molecular weight excluding hydrogens is 253 g/mol. The van der Waals surface area contributed by atoms with Crippen molar-refractivity contribution in [3.63, 3.8) is 0 Å². The van der Waals surface area contributed by atoms with Gasteiger partial charge in [-0.25, -0.2) is 4.39 Å². The minimum absolute atomic E-state index is 0.322. The lowest BCUT2D eigenvalue weighted by atomic mass is 10.2. The van der Waals surface area contributed by atoms with Crippen molar-refractivity contribution >= 4 is 17.3 Å². The van der Waals surface area contributed by atoms with Gasteiger partial charge in [0.2, 0.25) is 0 Å². The molecule has 0 aliphatic rings. The van der Waals surface area contributed by atoms with E-state index in [-0.39, 0.29) is 5.82 Å². The molecule has 2 rings (SSSR count). The highest BCUT2D eigenvalue weighted by molar-refractivity contribution is 6.30. The van der Waals surface area contributed by atoms with Gasteiger partial charge in [-0.1, -0.05) is 11.6 Å². The molecular formula is C13H15ClFN3. The number of nitrogens with one attached hydrogen (secondary N) is 1. The van der Waals surface area contributed by atoms with E-state index in [1.807, 2.05) is 10.9 Å². The standard InChI is InChI=1S/C13H15ClFN3/c1-9(2)18-8-13(7-17-18)16-6-10-3-11(14)5-12(15)4-10/h3-5,7-9,16H,6H2,1-2H3. The van der Waals surface area contributed by atoms with E-state index in [0.717, 1.165) is 11.3 Å². The summed E-state index contributed by atoms with van der Waals surface area (Å²) in [6, 6.07) is 4.82. The van der Waals surface area contributed by atoms with Crippen molar-refractivity contribution in [1.29, 1.82) is 0 Å². The molecule has 0 unspecified atom stereocenters. The summed E-state index contributed by atoms with van der Waals surface area (Å²) in [6.07, 6.45) is 3.67. The predicted octanol–water partition coefficient (Wildman–Crippen LogP) is 3.87. The molecule has 0 atom stereocenters. The van der Waals surface area contributed by atoms with Gasteiger partial charge in [-0.05, 0) is 37.6 Å². The number of anilines is 1. The highest BCUT2D eigenvalue weighted by atomic mass is 35.5. The molecule has 18 heavy (non-hydrogen) atoms. The summed E-state index contributed by atoms with van der Waals surface area (Å²) in [5.74, 6) is -0.322. The van der Waals surface area contributed by atoms with Gasteiger partial charge in [0.1, 0.15) is 5.82 Å². The van der Waals surface area contributed by atoms with Crippen LogP contribution in [-0.2, 0) is 6.54 Å². The zero-order valence-electron chi connectivity index (χ0n) is 10.3. The van der Waals surface area contributed by atoms with Crippen molar-refractivity contribution in [3.8, 4) is 0 Å². The summed E-state index contributed by atoms with van der Waals surface area (Å²) in [5, 5.41) is 7.81. The number of aromatic nitrogens is 2. The number of benzene rings is 1. The lowest BCUT2D eigenvalue weighted by Gasteiger charge is -2.05. The average molecular weight is 268 g/mol. The van der Waals surface area contributed by atoms with E-state index in [4.69, 9.17) is 11.6 Å². The summed E-state index contributed by atoms with van der Waals surface area (Å²) in [7, 11) is 0. The molecule has 1 aromatic heterocycles. The first-order valence-electron chi connectivity index (χ1n) is 5.77. The van der Waals surface area contributed by atoms with Crippen molar-refractivity contribution < 1.29 is 4.39 Å². The largest absolute Gasteiger partial charge is 0.378 e. The molecule has 96 valence electrons. The van der Waals surface area contributed by atoms with Crippen LogP contribution < -0.4 is 5.32 Å². The van der Waals surface area contributed by atoms with Crippen LogP contribution in [-0.4, -0.2) is 9.78 Å². The van der Waals surface area contributed by atoms with Crippen molar-refractivity contribution in [1.82, 2.24) is 9.78 Å². The number of nitrogens with zero attached hydrogens (tertiary/aromatic N) is 2. The van der Waals surface area contributed by atoms with Gasteiger partial charge >= 0.3 is 0 Å². The van der Waals surface area contributed by atoms with Crippen LogP contribution in [0.15, 0.2) is 30.6 Å². The van der Waals surface area contributed by atoms with E-state index in [9.17, 15) is 4.39 Å². The first-order chi connectivity index (χ1) is 8.54. The number of rotatable bonds is 4. The Balaban J connectivity index is 2.02. The molecule has 1 N–H and O–H groups in total. The maximum absolute atomic E-state index is 13.1. The SMILES string of the molecule is CC(C)n1cc(NCc2cc(F)cc(Cl)c2)cn1. The third-order valence-electron chi connectivity index (χ3n) is 2.55. The maximum Gasteiger partial charge on any atom is 0.125 e. The van der Waals surface area contributed by atoms with Gasteiger partial charge in [-0.2, -0.15) is 5.10 Å². The fraction of sp³-hybridized carbons (Fsp3) is 0.308. The number of hydrogen-bond donors (Lipinski definition) is 1. The van der Waals surface area contributed by atoms with Crippen molar-refractivity contribution in [2.75, 3.05) is 5.32 Å². The van der Waals surface area contributed by atoms with Crippen LogP contribution in [0.1, 0.15) is 25.5 Å². The van der Waals surface area contributed by atoms with Gasteiger partial charge in [0, 0.05) is 23.8 Å². The number of halogens is 2. The lowest BCUT2D eigenvalue weighted by molar-refractivity contribution is 0.532. The zero-order valence-corrected chi connectivity index (χ0v) is 11.1. The van der Waals surface area contributed by atoms with Crippen molar-refractivity contribution in [2.45, 2.75) is 26.4 Å². The van der Waals surface area contributed by atoms with Gasteiger partial charge in [-0.3, -0.25) is 4.68 Å². The van der Waals surface area contributed by atoms with E-state index >= 15 is 0 Å². The number of hydrogen-bond acceptors (Lipinski definition) is 2. The molecule has 0 saturated heterocycles. The van der Waals surface area contributed by atoms with E-state index in [1.54, 1.807) is 12.3 Å². The Hall–Kier alpha value is -1.55. The minimum Gasteiger partial charge on any atom is -0.378 e. The highest BCUT2D eigenvalue weighted by Gasteiger charge is 2.03. The van der Waals surface area contributed by atoms with Crippen LogP contribution in [0.2, 0.25) is 5.02 Å². The predicted molar refractivity (Wildman–Crippen MR) is 71.3 cm³/mol. The fourth-order valence-corrected chi connectivity index (χ4v) is 1.87. The molecule has 2 aromatic rings.